The summed E-state index contributed by atoms with van der Waals surface area (Å²) in [4.78, 5) is 42.7. The highest BCUT2D eigenvalue weighted by Gasteiger charge is 2.23. The Balaban J connectivity index is 1.32. The molecule has 0 bridgehead atoms. The SMILES string of the molecule is O=C(CSc1nc(CC(=O)NC2CC2)cc(=O)[nH]1)Nc1ccc2c(c1)OCO2. The molecular weight excluding hydrogens is 384 g/mol. The first-order valence-corrected chi connectivity index (χ1v) is 9.75. The molecule has 1 fully saturated rings. The van der Waals surface area contributed by atoms with E-state index in [1.807, 2.05) is 0 Å². The van der Waals surface area contributed by atoms with Crippen LogP contribution >= 0.6 is 11.8 Å². The summed E-state index contributed by atoms with van der Waals surface area (Å²) in [6.07, 6.45) is 2.03. The van der Waals surface area contributed by atoms with Gasteiger partial charge in [0.15, 0.2) is 16.7 Å². The molecule has 9 nitrogen and oxygen atoms in total. The lowest BCUT2D eigenvalue weighted by Crippen LogP contribution is -2.28. The molecule has 2 aromatic rings. The smallest absolute Gasteiger partial charge is 0.251 e. The Bertz CT molecular complexity index is 973. The lowest BCUT2D eigenvalue weighted by molar-refractivity contribution is -0.120. The minimum Gasteiger partial charge on any atom is -0.454 e. The van der Waals surface area contributed by atoms with E-state index in [1.165, 1.54) is 6.07 Å². The topological polar surface area (TPSA) is 122 Å². The van der Waals surface area contributed by atoms with Crippen LogP contribution in [0, 0.1) is 0 Å². The molecule has 2 heterocycles. The Morgan fingerprint density at radius 2 is 2.00 bits per heavy atom. The summed E-state index contributed by atoms with van der Waals surface area (Å²) in [5, 5.41) is 5.90. The maximum atomic E-state index is 12.2. The highest BCUT2D eigenvalue weighted by molar-refractivity contribution is 7.99. The normalized spacial score (nSPS) is 14.6. The molecule has 0 radical (unpaired) electrons. The van der Waals surface area contributed by atoms with Gasteiger partial charge in [-0.3, -0.25) is 14.4 Å². The summed E-state index contributed by atoms with van der Waals surface area (Å²) < 4.78 is 10.5. The van der Waals surface area contributed by atoms with Crippen LogP contribution < -0.4 is 25.7 Å². The first-order chi connectivity index (χ1) is 13.5. The number of H-pyrrole nitrogens is 1. The van der Waals surface area contributed by atoms with Gasteiger partial charge < -0.3 is 25.1 Å². The molecule has 1 aliphatic heterocycles. The number of hydrogen-bond donors (Lipinski definition) is 3. The number of anilines is 1. The number of aromatic amines is 1. The van der Waals surface area contributed by atoms with E-state index in [0.717, 1.165) is 24.6 Å². The second-order valence-electron chi connectivity index (χ2n) is 6.47. The zero-order valence-electron chi connectivity index (χ0n) is 14.8. The lowest BCUT2D eigenvalue weighted by atomic mass is 10.3. The van der Waals surface area contributed by atoms with Gasteiger partial charge in [-0.05, 0) is 25.0 Å². The standard InChI is InChI=1S/C18H18N4O5S/c23-15(19-10-1-2-10)6-12-7-16(24)22-18(21-12)28-8-17(25)20-11-3-4-13-14(5-11)27-9-26-13/h3-5,7,10H,1-2,6,8-9H2,(H,19,23)(H,20,25)(H,21,22,24). The maximum absolute atomic E-state index is 12.2. The molecule has 2 amide bonds. The number of thioether (sulfide) groups is 1. The summed E-state index contributed by atoms with van der Waals surface area (Å²) in [5.41, 5.74) is 0.602. The summed E-state index contributed by atoms with van der Waals surface area (Å²) in [6, 6.07) is 6.67. The molecule has 0 saturated heterocycles. The van der Waals surface area contributed by atoms with Crippen molar-refractivity contribution in [2.75, 3.05) is 17.9 Å². The maximum Gasteiger partial charge on any atom is 0.251 e. The number of hydrogen-bond acceptors (Lipinski definition) is 7. The number of aromatic nitrogens is 2. The summed E-state index contributed by atoms with van der Waals surface area (Å²) >= 11 is 1.09. The van der Waals surface area contributed by atoms with Gasteiger partial charge >= 0.3 is 0 Å². The van der Waals surface area contributed by atoms with Crippen molar-refractivity contribution < 1.29 is 19.1 Å². The van der Waals surface area contributed by atoms with Crippen LogP contribution in [-0.2, 0) is 16.0 Å². The van der Waals surface area contributed by atoms with Crippen LogP contribution in [0.4, 0.5) is 5.69 Å². The predicted molar refractivity (Wildman–Crippen MR) is 102 cm³/mol. The number of nitrogens with zero attached hydrogens (tertiary/aromatic N) is 1. The molecule has 28 heavy (non-hydrogen) atoms. The van der Waals surface area contributed by atoms with Crippen LogP contribution in [0.5, 0.6) is 11.5 Å². The predicted octanol–water partition coefficient (Wildman–Crippen LogP) is 1.05. The summed E-state index contributed by atoms with van der Waals surface area (Å²) in [6.45, 7) is 0.163. The molecule has 1 saturated carbocycles. The Morgan fingerprint density at radius 1 is 1.18 bits per heavy atom. The number of carbonyl (C=O) groups is 2. The highest BCUT2D eigenvalue weighted by atomic mass is 32.2. The van der Waals surface area contributed by atoms with Crippen molar-refractivity contribution in [2.45, 2.75) is 30.5 Å². The van der Waals surface area contributed by atoms with E-state index in [9.17, 15) is 14.4 Å². The van der Waals surface area contributed by atoms with Crippen molar-refractivity contribution in [3.63, 3.8) is 0 Å². The molecule has 0 spiro atoms. The molecule has 0 unspecified atom stereocenters. The third-order valence-corrected chi connectivity index (χ3v) is 4.93. The van der Waals surface area contributed by atoms with Gasteiger partial charge in [0, 0.05) is 23.9 Å². The van der Waals surface area contributed by atoms with E-state index in [0.29, 0.717) is 28.0 Å². The molecule has 146 valence electrons. The molecule has 10 heteroatoms. The van der Waals surface area contributed by atoms with Gasteiger partial charge in [-0.2, -0.15) is 0 Å². The second-order valence-corrected chi connectivity index (χ2v) is 7.43. The zero-order valence-corrected chi connectivity index (χ0v) is 15.6. The molecule has 0 atom stereocenters. The first kappa shape index (κ1) is 18.4. The number of nitrogens with one attached hydrogen (secondary N) is 3. The van der Waals surface area contributed by atoms with Crippen molar-refractivity contribution >= 4 is 29.3 Å². The van der Waals surface area contributed by atoms with Crippen molar-refractivity contribution in [1.29, 1.82) is 0 Å². The molecule has 3 N–H and O–H groups in total. The van der Waals surface area contributed by atoms with Crippen LogP contribution in [0.3, 0.4) is 0 Å². The Morgan fingerprint density at radius 3 is 2.82 bits per heavy atom. The number of rotatable bonds is 7. The van der Waals surface area contributed by atoms with E-state index in [4.69, 9.17) is 9.47 Å². The average Bonchev–Trinajstić information content (AvgIpc) is 3.32. The van der Waals surface area contributed by atoms with Gasteiger partial charge in [0.25, 0.3) is 5.56 Å². The number of amides is 2. The fourth-order valence-electron chi connectivity index (χ4n) is 2.62. The first-order valence-electron chi connectivity index (χ1n) is 8.77. The molecular formula is C18H18N4O5S. The largest absolute Gasteiger partial charge is 0.454 e. The van der Waals surface area contributed by atoms with Crippen molar-refractivity contribution in [3.8, 4) is 11.5 Å². The van der Waals surface area contributed by atoms with Crippen LogP contribution in [0.15, 0.2) is 34.2 Å². The number of ether oxygens (including phenoxy) is 2. The van der Waals surface area contributed by atoms with Gasteiger partial charge in [0.05, 0.1) is 17.9 Å². The number of fused-ring (bicyclic) bond motifs is 1. The van der Waals surface area contributed by atoms with Crippen LogP contribution in [0.1, 0.15) is 18.5 Å². The van der Waals surface area contributed by atoms with Crippen LogP contribution in [0.2, 0.25) is 0 Å². The van der Waals surface area contributed by atoms with Crippen molar-refractivity contribution in [3.05, 3.63) is 40.3 Å². The molecule has 2 aliphatic rings. The monoisotopic (exact) mass is 402 g/mol. The minimum absolute atomic E-state index is 0.0391. The van der Waals surface area contributed by atoms with Crippen molar-refractivity contribution in [2.24, 2.45) is 0 Å². The fraction of sp³-hybridized carbons (Fsp3) is 0.333. The Kier molecular flexibility index (Phi) is 5.20. The van der Waals surface area contributed by atoms with E-state index in [2.05, 4.69) is 20.6 Å². The van der Waals surface area contributed by atoms with Crippen molar-refractivity contribution in [1.82, 2.24) is 15.3 Å². The number of benzene rings is 1. The Hall–Kier alpha value is -3.01. The average molecular weight is 402 g/mol. The quantitative estimate of drug-likeness (QED) is 0.467. The van der Waals surface area contributed by atoms with Gasteiger partial charge in [-0.1, -0.05) is 11.8 Å². The minimum atomic E-state index is -0.358. The zero-order chi connectivity index (χ0) is 19.5. The van der Waals surface area contributed by atoms with E-state index in [-0.39, 0.29) is 42.4 Å². The van der Waals surface area contributed by atoms with Gasteiger partial charge in [-0.25, -0.2) is 4.98 Å². The third-order valence-electron chi connectivity index (χ3n) is 4.05. The van der Waals surface area contributed by atoms with Gasteiger partial charge in [0.1, 0.15) is 0 Å². The third kappa shape index (κ3) is 4.83. The highest BCUT2D eigenvalue weighted by Crippen LogP contribution is 2.34. The lowest BCUT2D eigenvalue weighted by Gasteiger charge is -2.07. The number of carbonyl (C=O) groups excluding carboxylic acids is 2. The molecule has 4 rings (SSSR count). The van der Waals surface area contributed by atoms with E-state index >= 15 is 0 Å². The van der Waals surface area contributed by atoms with Gasteiger partial charge in [0.2, 0.25) is 18.6 Å². The van der Waals surface area contributed by atoms with E-state index < -0.39 is 0 Å². The molecule has 1 aliphatic carbocycles. The summed E-state index contributed by atoms with van der Waals surface area (Å²) in [5.74, 6) is 0.848. The van der Waals surface area contributed by atoms with Gasteiger partial charge in [-0.15, -0.1) is 0 Å². The summed E-state index contributed by atoms with van der Waals surface area (Å²) in [7, 11) is 0. The second kappa shape index (κ2) is 7.93. The van der Waals surface area contributed by atoms with Crippen LogP contribution in [0.25, 0.3) is 0 Å². The molecule has 1 aromatic carbocycles. The van der Waals surface area contributed by atoms with E-state index in [1.54, 1.807) is 18.2 Å². The Labute approximate surface area is 164 Å². The molecule has 1 aromatic heterocycles. The van der Waals surface area contributed by atoms with Crippen LogP contribution in [-0.4, -0.2) is 40.4 Å². The fourth-order valence-corrected chi connectivity index (χ4v) is 3.31.